The number of pyridine rings is 1. The minimum Gasteiger partial charge on any atom is -0.279 e. The number of rotatable bonds is 4. The molecule has 0 saturated heterocycles. The predicted molar refractivity (Wildman–Crippen MR) is 88.1 cm³/mol. The fraction of sp³-hybridized carbons (Fsp3) is 0.125. The molecule has 0 bridgehead atoms. The van der Waals surface area contributed by atoms with Gasteiger partial charge < -0.3 is 0 Å². The number of sulfonamides is 1. The Balaban J connectivity index is 1.90. The quantitative estimate of drug-likeness (QED) is 0.799. The minimum absolute atomic E-state index is 0.0862. The molecule has 0 aliphatic rings. The van der Waals surface area contributed by atoms with E-state index in [4.69, 9.17) is 0 Å². The molecule has 2 heterocycles. The number of anilines is 1. The molecule has 7 heteroatoms. The predicted octanol–water partition coefficient (Wildman–Crippen LogP) is 2.68. The van der Waals surface area contributed by atoms with Crippen molar-refractivity contribution < 1.29 is 8.42 Å². The number of aromatic nitrogens is 3. The summed E-state index contributed by atoms with van der Waals surface area (Å²) in [5, 5.41) is 4.07. The Morgan fingerprint density at radius 3 is 2.65 bits per heavy atom. The molecule has 118 valence electrons. The molecular weight excluding hydrogens is 312 g/mol. The second-order valence-corrected chi connectivity index (χ2v) is 6.91. The monoisotopic (exact) mass is 328 g/mol. The van der Waals surface area contributed by atoms with Crippen LogP contribution < -0.4 is 4.72 Å². The molecule has 6 nitrogen and oxygen atoms in total. The van der Waals surface area contributed by atoms with Crippen LogP contribution in [0.3, 0.4) is 0 Å². The van der Waals surface area contributed by atoms with E-state index in [9.17, 15) is 8.42 Å². The van der Waals surface area contributed by atoms with Crippen LogP contribution in [0, 0.1) is 13.8 Å². The average Bonchev–Trinajstić information content (AvgIpc) is 3.02. The number of aryl methyl sites for hydroxylation is 2. The van der Waals surface area contributed by atoms with Crippen LogP contribution in [0.25, 0.3) is 5.82 Å². The lowest BCUT2D eigenvalue weighted by molar-refractivity contribution is 0.601. The third kappa shape index (κ3) is 3.24. The Morgan fingerprint density at radius 2 is 1.96 bits per heavy atom. The largest absolute Gasteiger partial charge is 0.279 e. The number of nitrogens with one attached hydrogen (secondary N) is 1. The molecule has 0 amide bonds. The molecule has 0 fully saturated rings. The molecule has 0 saturated carbocycles. The summed E-state index contributed by atoms with van der Waals surface area (Å²) in [6.07, 6.45) is 4.37. The number of nitrogens with zero attached hydrogens (tertiary/aromatic N) is 3. The molecule has 3 rings (SSSR count). The van der Waals surface area contributed by atoms with Crippen molar-refractivity contribution in [3.63, 3.8) is 0 Å². The molecule has 0 aliphatic heterocycles. The van der Waals surface area contributed by atoms with Gasteiger partial charge in [-0.2, -0.15) is 5.10 Å². The molecule has 0 unspecified atom stereocenters. The summed E-state index contributed by atoms with van der Waals surface area (Å²) in [6, 6.07) is 10.9. The Morgan fingerprint density at radius 1 is 1.13 bits per heavy atom. The van der Waals surface area contributed by atoms with Gasteiger partial charge in [0.25, 0.3) is 10.0 Å². The van der Waals surface area contributed by atoms with Crippen molar-refractivity contribution in [2.75, 3.05) is 4.72 Å². The van der Waals surface area contributed by atoms with Gasteiger partial charge in [0.2, 0.25) is 0 Å². The van der Waals surface area contributed by atoms with Crippen molar-refractivity contribution >= 4 is 15.7 Å². The highest BCUT2D eigenvalue weighted by atomic mass is 32.2. The van der Waals surface area contributed by atoms with Crippen molar-refractivity contribution in [2.45, 2.75) is 18.7 Å². The Hall–Kier alpha value is -2.67. The van der Waals surface area contributed by atoms with E-state index in [2.05, 4.69) is 14.8 Å². The molecule has 0 spiro atoms. The van der Waals surface area contributed by atoms with Crippen LogP contribution in [0.1, 0.15) is 11.1 Å². The Kier molecular flexibility index (Phi) is 3.87. The third-order valence-corrected chi connectivity index (χ3v) is 4.70. The van der Waals surface area contributed by atoms with E-state index in [1.807, 2.05) is 32.0 Å². The Bertz CT molecular complexity index is 934. The zero-order chi connectivity index (χ0) is 16.4. The zero-order valence-electron chi connectivity index (χ0n) is 12.8. The maximum atomic E-state index is 12.5. The van der Waals surface area contributed by atoms with Crippen molar-refractivity contribution in [3.8, 4) is 5.82 Å². The van der Waals surface area contributed by atoms with E-state index < -0.39 is 10.0 Å². The lowest BCUT2D eigenvalue weighted by atomic mass is 10.1. The highest BCUT2D eigenvalue weighted by Crippen LogP contribution is 2.20. The van der Waals surface area contributed by atoms with Gasteiger partial charge in [-0.1, -0.05) is 23.8 Å². The first-order valence-electron chi connectivity index (χ1n) is 7.02. The van der Waals surface area contributed by atoms with Crippen LogP contribution in [0.15, 0.2) is 59.9 Å². The lowest BCUT2D eigenvalue weighted by Crippen LogP contribution is -2.13. The van der Waals surface area contributed by atoms with Gasteiger partial charge in [-0.05, 0) is 37.6 Å². The Labute approximate surface area is 134 Å². The van der Waals surface area contributed by atoms with Gasteiger partial charge in [-0.25, -0.2) is 18.1 Å². The molecule has 0 radical (unpaired) electrons. The summed E-state index contributed by atoms with van der Waals surface area (Å²) in [4.78, 5) is 4.22. The summed E-state index contributed by atoms with van der Waals surface area (Å²) < 4.78 is 29.0. The fourth-order valence-electron chi connectivity index (χ4n) is 2.19. The molecular formula is C16H16N4O2S. The van der Waals surface area contributed by atoms with Gasteiger partial charge in [0.1, 0.15) is 4.90 Å². The van der Waals surface area contributed by atoms with E-state index in [0.29, 0.717) is 11.5 Å². The third-order valence-electron chi connectivity index (χ3n) is 3.38. The normalized spacial score (nSPS) is 11.4. The van der Waals surface area contributed by atoms with E-state index in [-0.39, 0.29) is 4.90 Å². The van der Waals surface area contributed by atoms with Gasteiger partial charge in [0, 0.05) is 6.20 Å². The minimum atomic E-state index is -3.70. The van der Waals surface area contributed by atoms with Crippen LogP contribution in [-0.4, -0.2) is 23.2 Å². The second kappa shape index (κ2) is 5.85. The molecule has 1 N–H and O–H groups in total. The fourth-order valence-corrected chi connectivity index (χ4v) is 3.25. The first kappa shape index (κ1) is 15.2. The standard InChI is InChI=1S/C16H16N4O2S/c1-12-6-7-15(13(2)9-12)19-23(21,22)14-10-18-20(11-14)16-5-3-4-8-17-16/h3-11,19H,1-2H3. The van der Waals surface area contributed by atoms with E-state index >= 15 is 0 Å². The van der Waals surface area contributed by atoms with Crippen LogP contribution >= 0.6 is 0 Å². The van der Waals surface area contributed by atoms with Crippen molar-refractivity contribution in [1.29, 1.82) is 0 Å². The molecule has 1 aromatic carbocycles. The summed E-state index contributed by atoms with van der Waals surface area (Å²) in [5.74, 6) is 0.556. The van der Waals surface area contributed by atoms with Crippen LogP contribution in [0.4, 0.5) is 5.69 Å². The average molecular weight is 328 g/mol. The van der Waals surface area contributed by atoms with Gasteiger partial charge in [0.05, 0.1) is 18.1 Å². The van der Waals surface area contributed by atoms with E-state index in [1.165, 1.54) is 17.1 Å². The second-order valence-electron chi connectivity index (χ2n) is 5.23. The molecule has 2 aromatic heterocycles. The van der Waals surface area contributed by atoms with Crippen LogP contribution in [-0.2, 0) is 10.0 Å². The first-order chi connectivity index (χ1) is 11.0. The van der Waals surface area contributed by atoms with E-state index in [1.54, 1.807) is 24.4 Å². The van der Waals surface area contributed by atoms with Crippen LogP contribution in [0.2, 0.25) is 0 Å². The highest BCUT2D eigenvalue weighted by molar-refractivity contribution is 7.92. The van der Waals surface area contributed by atoms with Crippen molar-refractivity contribution in [3.05, 3.63) is 66.1 Å². The van der Waals surface area contributed by atoms with Gasteiger partial charge in [-0.3, -0.25) is 4.72 Å². The van der Waals surface area contributed by atoms with Crippen LogP contribution in [0.5, 0.6) is 0 Å². The first-order valence-corrected chi connectivity index (χ1v) is 8.50. The SMILES string of the molecule is Cc1ccc(NS(=O)(=O)c2cnn(-c3ccccn3)c2)c(C)c1. The van der Waals surface area contributed by atoms with E-state index in [0.717, 1.165) is 11.1 Å². The maximum absolute atomic E-state index is 12.5. The number of benzene rings is 1. The maximum Gasteiger partial charge on any atom is 0.265 e. The summed E-state index contributed by atoms with van der Waals surface area (Å²) in [7, 11) is -3.70. The zero-order valence-corrected chi connectivity index (χ0v) is 13.6. The number of hydrogen-bond donors (Lipinski definition) is 1. The van der Waals surface area contributed by atoms with Crippen molar-refractivity contribution in [2.24, 2.45) is 0 Å². The van der Waals surface area contributed by atoms with Crippen molar-refractivity contribution in [1.82, 2.24) is 14.8 Å². The van der Waals surface area contributed by atoms with Gasteiger partial charge in [-0.15, -0.1) is 0 Å². The smallest absolute Gasteiger partial charge is 0.265 e. The molecule has 23 heavy (non-hydrogen) atoms. The summed E-state index contributed by atoms with van der Waals surface area (Å²) in [5.41, 5.74) is 2.50. The number of hydrogen-bond acceptors (Lipinski definition) is 4. The molecule has 3 aromatic rings. The van der Waals surface area contributed by atoms with Gasteiger partial charge >= 0.3 is 0 Å². The molecule has 0 atom stereocenters. The van der Waals surface area contributed by atoms with Gasteiger partial charge in [0.15, 0.2) is 5.82 Å². The summed E-state index contributed by atoms with van der Waals surface area (Å²) in [6.45, 7) is 3.82. The topological polar surface area (TPSA) is 76.9 Å². The highest BCUT2D eigenvalue weighted by Gasteiger charge is 2.18. The summed E-state index contributed by atoms with van der Waals surface area (Å²) >= 11 is 0. The molecule has 0 aliphatic carbocycles. The lowest BCUT2D eigenvalue weighted by Gasteiger charge is -2.09.